The maximum absolute atomic E-state index is 9.42. The van der Waals surface area contributed by atoms with E-state index >= 15 is 0 Å². The topological polar surface area (TPSA) is 91.5 Å². The van der Waals surface area contributed by atoms with Crippen molar-refractivity contribution in [3.63, 3.8) is 0 Å². The monoisotopic (exact) mass is 406 g/mol. The highest BCUT2D eigenvalue weighted by Gasteiger charge is 2.08. The lowest BCUT2D eigenvalue weighted by molar-refractivity contribution is 0.0544. The zero-order valence-electron chi connectivity index (χ0n) is 16.6. The molecule has 0 saturated heterocycles. The van der Waals surface area contributed by atoms with Gasteiger partial charge in [0.15, 0.2) is 0 Å². The second kappa shape index (κ2) is 9.34. The number of ether oxygens (including phenoxy) is 3. The summed E-state index contributed by atoms with van der Waals surface area (Å²) in [6.45, 7) is 2.12. The van der Waals surface area contributed by atoms with Gasteiger partial charge in [-0.1, -0.05) is 11.3 Å². The Morgan fingerprint density at radius 2 is 1.73 bits per heavy atom. The molecule has 8 nitrogen and oxygen atoms in total. The van der Waals surface area contributed by atoms with Gasteiger partial charge in [-0.05, 0) is 48.5 Å². The normalized spacial score (nSPS) is 11.1. The Hall–Kier alpha value is -3.49. The number of pyridine rings is 1. The van der Waals surface area contributed by atoms with Crippen LogP contribution in [-0.2, 0) is 9.47 Å². The van der Waals surface area contributed by atoms with E-state index in [1.54, 1.807) is 36.1 Å². The maximum atomic E-state index is 9.42. The average molecular weight is 406 g/mol. The maximum Gasteiger partial charge on any atom is 0.131 e. The predicted octanol–water partition coefficient (Wildman–Crippen LogP) is 3.23. The summed E-state index contributed by atoms with van der Waals surface area (Å²) in [5.41, 5.74) is 3.04. The first-order valence-electron chi connectivity index (χ1n) is 9.55. The second-order valence-electron chi connectivity index (χ2n) is 6.57. The van der Waals surface area contributed by atoms with Crippen molar-refractivity contribution in [1.29, 1.82) is 0 Å². The van der Waals surface area contributed by atoms with Gasteiger partial charge in [-0.25, -0.2) is 9.67 Å². The number of phenolic OH excluding ortho intramolecular Hbond substituents is 1. The van der Waals surface area contributed by atoms with Gasteiger partial charge in [-0.3, -0.25) is 0 Å². The molecule has 8 heteroatoms. The van der Waals surface area contributed by atoms with Gasteiger partial charge in [-0.2, -0.15) is 0 Å². The van der Waals surface area contributed by atoms with Gasteiger partial charge in [0, 0.05) is 12.5 Å². The van der Waals surface area contributed by atoms with Crippen LogP contribution in [0.5, 0.6) is 11.5 Å². The fraction of sp³-hybridized carbons (Fsp3) is 0.227. The molecule has 154 valence electrons. The predicted molar refractivity (Wildman–Crippen MR) is 112 cm³/mol. The van der Waals surface area contributed by atoms with Crippen molar-refractivity contribution >= 4 is 10.9 Å². The summed E-state index contributed by atoms with van der Waals surface area (Å²) in [5.74, 6) is 0.975. The molecule has 0 saturated carbocycles. The van der Waals surface area contributed by atoms with Crippen LogP contribution in [-0.4, -0.2) is 58.6 Å². The Labute approximate surface area is 173 Å². The van der Waals surface area contributed by atoms with E-state index in [9.17, 15) is 5.11 Å². The van der Waals surface area contributed by atoms with Crippen molar-refractivity contribution < 1.29 is 19.3 Å². The highest BCUT2D eigenvalue weighted by molar-refractivity contribution is 5.82. The minimum atomic E-state index is 0.206. The highest BCUT2D eigenvalue weighted by Crippen LogP contribution is 2.24. The third-order valence-electron chi connectivity index (χ3n) is 4.46. The number of rotatable bonds is 9. The molecule has 0 radical (unpaired) electrons. The molecule has 0 spiro atoms. The van der Waals surface area contributed by atoms with Crippen molar-refractivity contribution in [3.8, 4) is 28.6 Å². The number of benzene rings is 2. The van der Waals surface area contributed by atoms with Gasteiger partial charge in [0.1, 0.15) is 23.8 Å². The van der Waals surface area contributed by atoms with Crippen molar-refractivity contribution in [1.82, 2.24) is 20.0 Å². The third-order valence-corrected chi connectivity index (χ3v) is 4.46. The standard InChI is InChI=1S/C22H22N4O4/c1-28-10-11-29-12-13-30-19-7-9-20-16(14-19)2-8-21(23-20)22-15-26(25-24-22)17-3-5-18(27)6-4-17/h2-9,14-15,27H,10-13H2,1H3. The van der Waals surface area contributed by atoms with E-state index in [0.717, 1.165) is 28.0 Å². The molecule has 0 aliphatic rings. The van der Waals surface area contributed by atoms with Gasteiger partial charge in [0.05, 0.1) is 42.9 Å². The Morgan fingerprint density at radius 3 is 2.57 bits per heavy atom. The number of phenols is 1. The summed E-state index contributed by atoms with van der Waals surface area (Å²) in [4.78, 5) is 4.69. The molecule has 0 atom stereocenters. The lowest BCUT2D eigenvalue weighted by Gasteiger charge is -2.08. The molecule has 4 rings (SSSR count). The van der Waals surface area contributed by atoms with Crippen molar-refractivity contribution in [2.45, 2.75) is 0 Å². The van der Waals surface area contributed by atoms with Crippen LogP contribution in [0.4, 0.5) is 0 Å². The summed E-state index contributed by atoms with van der Waals surface area (Å²) in [6, 6.07) is 16.4. The highest BCUT2D eigenvalue weighted by atomic mass is 16.5. The van der Waals surface area contributed by atoms with Crippen molar-refractivity contribution in [2.24, 2.45) is 0 Å². The molecule has 0 unspecified atom stereocenters. The first-order valence-corrected chi connectivity index (χ1v) is 9.55. The lowest BCUT2D eigenvalue weighted by atomic mass is 10.2. The lowest BCUT2D eigenvalue weighted by Crippen LogP contribution is -2.09. The molecule has 2 heterocycles. The van der Waals surface area contributed by atoms with E-state index in [1.807, 2.05) is 36.5 Å². The molecular weight excluding hydrogens is 384 g/mol. The molecule has 2 aromatic carbocycles. The first kappa shape index (κ1) is 19.8. The van der Waals surface area contributed by atoms with Crippen LogP contribution in [0.15, 0.2) is 60.8 Å². The molecule has 0 aliphatic carbocycles. The van der Waals surface area contributed by atoms with Gasteiger partial charge >= 0.3 is 0 Å². The number of hydrogen-bond donors (Lipinski definition) is 1. The smallest absolute Gasteiger partial charge is 0.131 e. The number of methoxy groups -OCH3 is 1. The molecule has 30 heavy (non-hydrogen) atoms. The van der Waals surface area contributed by atoms with Crippen molar-refractivity contribution in [3.05, 3.63) is 60.8 Å². The minimum Gasteiger partial charge on any atom is -0.508 e. The van der Waals surface area contributed by atoms with Gasteiger partial charge in [-0.15, -0.1) is 5.10 Å². The largest absolute Gasteiger partial charge is 0.508 e. The SMILES string of the molecule is COCCOCCOc1ccc2nc(-c3cn(-c4ccc(O)cc4)nn3)ccc2c1. The molecule has 0 fully saturated rings. The fourth-order valence-electron chi connectivity index (χ4n) is 2.91. The summed E-state index contributed by atoms with van der Waals surface area (Å²) < 4.78 is 17.7. The molecule has 1 N–H and O–H groups in total. The summed E-state index contributed by atoms with van der Waals surface area (Å²) in [7, 11) is 1.65. The molecule has 2 aromatic heterocycles. The van der Waals surface area contributed by atoms with Crippen LogP contribution in [0.25, 0.3) is 28.0 Å². The van der Waals surface area contributed by atoms with E-state index in [0.29, 0.717) is 32.1 Å². The molecule has 4 aromatic rings. The van der Waals surface area contributed by atoms with E-state index in [1.165, 1.54) is 0 Å². The summed E-state index contributed by atoms with van der Waals surface area (Å²) in [5, 5.41) is 18.8. The Bertz CT molecular complexity index is 1110. The number of aromatic nitrogens is 4. The van der Waals surface area contributed by atoms with Gasteiger partial charge < -0.3 is 19.3 Å². The summed E-state index contributed by atoms with van der Waals surface area (Å²) in [6.07, 6.45) is 1.81. The zero-order chi connectivity index (χ0) is 20.8. The van der Waals surface area contributed by atoms with E-state index in [-0.39, 0.29) is 5.75 Å². The molecule has 0 aliphatic heterocycles. The zero-order valence-corrected chi connectivity index (χ0v) is 16.6. The number of aromatic hydroxyl groups is 1. The van der Waals surface area contributed by atoms with Crippen LogP contribution in [0.2, 0.25) is 0 Å². The van der Waals surface area contributed by atoms with Gasteiger partial charge in [0.2, 0.25) is 0 Å². The van der Waals surface area contributed by atoms with Crippen LogP contribution >= 0.6 is 0 Å². The van der Waals surface area contributed by atoms with Crippen LogP contribution in [0.3, 0.4) is 0 Å². The Balaban J connectivity index is 1.44. The van der Waals surface area contributed by atoms with Crippen LogP contribution in [0, 0.1) is 0 Å². The van der Waals surface area contributed by atoms with Crippen LogP contribution in [0.1, 0.15) is 0 Å². The fourth-order valence-corrected chi connectivity index (χ4v) is 2.91. The minimum absolute atomic E-state index is 0.206. The van der Waals surface area contributed by atoms with E-state index in [4.69, 9.17) is 14.2 Å². The Kier molecular flexibility index (Phi) is 6.17. The van der Waals surface area contributed by atoms with Crippen molar-refractivity contribution in [2.75, 3.05) is 33.5 Å². The molecular formula is C22H22N4O4. The van der Waals surface area contributed by atoms with Gasteiger partial charge in [0.25, 0.3) is 0 Å². The third kappa shape index (κ3) is 4.73. The average Bonchev–Trinajstić information content (AvgIpc) is 3.26. The number of nitrogens with zero attached hydrogens (tertiary/aromatic N) is 4. The molecule has 0 bridgehead atoms. The van der Waals surface area contributed by atoms with Crippen LogP contribution < -0.4 is 4.74 Å². The first-order chi connectivity index (χ1) is 14.7. The quantitative estimate of drug-likeness (QED) is 0.427. The molecule has 0 amide bonds. The van der Waals surface area contributed by atoms with E-state index < -0.39 is 0 Å². The number of hydrogen-bond acceptors (Lipinski definition) is 7. The Morgan fingerprint density at radius 1 is 0.900 bits per heavy atom. The number of fused-ring (bicyclic) bond motifs is 1. The summed E-state index contributed by atoms with van der Waals surface area (Å²) >= 11 is 0. The second-order valence-corrected chi connectivity index (χ2v) is 6.57. The van der Waals surface area contributed by atoms with E-state index in [2.05, 4.69) is 15.3 Å².